The van der Waals surface area contributed by atoms with Gasteiger partial charge in [0.05, 0.1) is 6.54 Å². The van der Waals surface area contributed by atoms with Crippen molar-refractivity contribution in [3.63, 3.8) is 0 Å². The van der Waals surface area contributed by atoms with Crippen LogP contribution in [-0.2, 0) is 4.79 Å². The molecule has 1 aliphatic rings. The summed E-state index contributed by atoms with van der Waals surface area (Å²) in [6.45, 7) is 1.37. The number of imidazole rings is 1. The highest BCUT2D eigenvalue weighted by molar-refractivity contribution is 9.10. The maximum Gasteiger partial charge on any atom is 0.153 e. The Morgan fingerprint density at radius 3 is 2.44 bits per heavy atom. The van der Waals surface area contributed by atoms with Crippen LogP contribution in [0.25, 0.3) is 5.69 Å². The van der Waals surface area contributed by atoms with Gasteiger partial charge in [-0.2, -0.15) is 0 Å². The van der Waals surface area contributed by atoms with Gasteiger partial charge in [-0.1, -0.05) is 0 Å². The normalized spacial score (nSPS) is 15.4. The first-order valence-corrected chi connectivity index (χ1v) is 6.58. The summed E-state index contributed by atoms with van der Waals surface area (Å²) in [5.41, 5.74) is 2.16. The zero-order chi connectivity index (χ0) is 12.5. The van der Waals surface area contributed by atoms with Gasteiger partial charge in [0.25, 0.3) is 0 Å². The Morgan fingerprint density at radius 1 is 1.17 bits per heavy atom. The first-order chi connectivity index (χ1) is 8.72. The zero-order valence-electron chi connectivity index (χ0n) is 9.71. The molecule has 3 rings (SSSR count). The van der Waals surface area contributed by atoms with E-state index in [9.17, 15) is 4.79 Å². The van der Waals surface area contributed by atoms with E-state index in [2.05, 4.69) is 25.8 Å². The number of halogens is 1. The number of aromatic nitrogens is 2. The molecule has 0 amide bonds. The van der Waals surface area contributed by atoms with E-state index in [0.717, 1.165) is 22.5 Å². The molecule has 0 aliphatic carbocycles. The molecule has 1 aliphatic heterocycles. The minimum Gasteiger partial charge on any atom is -0.364 e. The number of rotatable bonds is 2. The second-order valence-electron chi connectivity index (χ2n) is 4.33. The second kappa shape index (κ2) is 4.57. The van der Waals surface area contributed by atoms with Gasteiger partial charge in [0.1, 0.15) is 10.9 Å². The summed E-state index contributed by atoms with van der Waals surface area (Å²) in [5, 5.41) is 0. The SMILES string of the molecule is O=C1CCN(c2ccc(-n3cnc(Br)c3)cc2)C1. The number of benzene rings is 1. The third-order valence-electron chi connectivity index (χ3n) is 3.09. The van der Waals surface area contributed by atoms with Crippen LogP contribution in [0.1, 0.15) is 6.42 Å². The lowest BCUT2D eigenvalue weighted by Crippen LogP contribution is -2.19. The van der Waals surface area contributed by atoms with Gasteiger partial charge < -0.3 is 9.47 Å². The van der Waals surface area contributed by atoms with Crippen LogP contribution in [-0.4, -0.2) is 28.4 Å². The summed E-state index contributed by atoms with van der Waals surface area (Å²) in [6.07, 6.45) is 4.34. The Morgan fingerprint density at radius 2 is 1.89 bits per heavy atom. The van der Waals surface area contributed by atoms with E-state index >= 15 is 0 Å². The topological polar surface area (TPSA) is 38.1 Å². The summed E-state index contributed by atoms with van der Waals surface area (Å²) in [7, 11) is 0. The van der Waals surface area contributed by atoms with E-state index in [0.29, 0.717) is 18.7 Å². The molecule has 5 heteroatoms. The average Bonchev–Trinajstić information content (AvgIpc) is 2.98. The fourth-order valence-corrected chi connectivity index (χ4v) is 2.44. The molecule has 1 fully saturated rings. The highest BCUT2D eigenvalue weighted by atomic mass is 79.9. The molecule has 1 aromatic heterocycles. The van der Waals surface area contributed by atoms with Crippen molar-refractivity contribution in [1.29, 1.82) is 0 Å². The van der Waals surface area contributed by atoms with Gasteiger partial charge in [-0.15, -0.1) is 0 Å². The molecule has 0 atom stereocenters. The van der Waals surface area contributed by atoms with E-state index in [1.165, 1.54) is 0 Å². The Hall–Kier alpha value is -1.62. The molecule has 0 saturated carbocycles. The van der Waals surface area contributed by atoms with Gasteiger partial charge in [-0.25, -0.2) is 4.98 Å². The van der Waals surface area contributed by atoms with Gasteiger partial charge in [-0.05, 0) is 40.2 Å². The van der Waals surface area contributed by atoms with Gasteiger partial charge in [0.2, 0.25) is 0 Å². The molecule has 0 bridgehead atoms. The fraction of sp³-hybridized carbons (Fsp3) is 0.231. The van der Waals surface area contributed by atoms with E-state index < -0.39 is 0 Å². The maximum absolute atomic E-state index is 11.3. The van der Waals surface area contributed by atoms with Crippen molar-refractivity contribution in [3.05, 3.63) is 41.4 Å². The van der Waals surface area contributed by atoms with Crippen LogP contribution >= 0.6 is 15.9 Å². The summed E-state index contributed by atoms with van der Waals surface area (Å²) in [5.74, 6) is 0.317. The summed E-state index contributed by atoms with van der Waals surface area (Å²) in [4.78, 5) is 17.5. The molecule has 1 saturated heterocycles. The molecule has 0 spiro atoms. The molecule has 2 heterocycles. The lowest BCUT2D eigenvalue weighted by atomic mass is 10.2. The predicted molar refractivity (Wildman–Crippen MR) is 73.1 cm³/mol. The first kappa shape index (κ1) is 11.5. The van der Waals surface area contributed by atoms with Crippen molar-refractivity contribution < 1.29 is 4.79 Å². The maximum atomic E-state index is 11.3. The van der Waals surface area contributed by atoms with Gasteiger partial charge >= 0.3 is 0 Å². The van der Waals surface area contributed by atoms with Gasteiger partial charge in [0, 0.05) is 30.5 Å². The first-order valence-electron chi connectivity index (χ1n) is 5.79. The Bertz CT molecular complexity index is 576. The van der Waals surface area contributed by atoms with Crippen molar-refractivity contribution in [1.82, 2.24) is 9.55 Å². The number of ketones is 1. The van der Waals surface area contributed by atoms with Crippen molar-refractivity contribution in [3.8, 4) is 5.69 Å². The summed E-state index contributed by atoms with van der Waals surface area (Å²) >= 11 is 3.33. The summed E-state index contributed by atoms with van der Waals surface area (Å²) in [6, 6.07) is 8.15. The van der Waals surface area contributed by atoms with Crippen LogP contribution in [0.15, 0.2) is 41.4 Å². The number of hydrogen-bond acceptors (Lipinski definition) is 3. The fourth-order valence-electron chi connectivity index (χ4n) is 2.13. The van der Waals surface area contributed by atoms with Crippen LogP contribution in [0.3, 0.4) is 0 Å². The lowest BCUT2D eigenvalue weighted by molar-refractivity contribution is -0.116. The van der Waals surface area contributed by atoms with E-state index in [1.54, 1.807) is 6.33 Å². The number of carbonyl (C=O) groups is 1. The molecule has 0 unspecified atom stereocenters. The lowest BCUT2D eigenvalue weighted by Gasteiger charge is -2.16. The monoisotopic (exact) mass is 305 g/mol. The van der Waals surface area contributed by atoms with Gasteiger partial charge in [0.15, 0.2) is 5.78 Å². The number of nitrogens with zero attached hydrogens (tertiary/aromatic N) is 3. The minimum absolute atomic E-state index is 0.317. The van der Waals surface area contributed by atoms with E-state index in [4.69, 9.17) is 0 Å². The van der Waals surface area contributed by atoms with Crippen molar-refractivity contribution in [2.75, 3.05) is 18.0 Å². The van der Waals surface area contributed by atoms with E-state index in [1.807, 2.05) is 35.0 Å². The largest absolute Gasteiger partial charge is 0.364 e. The predicted octanol–water partition coefficient (Wildman–Crippen LogP) is 2.41. The number of carbonyl (C=O) groups excluding carboxylic acids is 1. The molecule has 2 aromatic rings. The van der Waals surface area contributed by atoms with Gasteiger partial charge in [-0.3, -0.25) is 4.79 Å². The third kappa shape index (κ3) is 2.18. The van der Waals surface area contributed by atoms with Crippen LogP contribution in [0.4, 0.5) is 5.69 Å². The van der Waals surface area contributed by atoms with Crippen LogP contribution in [0.5, 0.6) is 0 Å². The molecule has 1 aromatic carbocycles. The van der Waals surface area contributed by atoms with Crippen LogP contribution < -0.4 is 4.90 Å². The van der Waals surface area contributed by atoms with Crippen molar-refractivity contribution in [2.24, 2.45) is 0 Å². The quantitative estimate of drug-likeness (QED) is 0.855. The summed E-state index contributed by atoms with van der Waals surface area (Å²) < 4.78 is 2.76. The second-order valence-corrected chi connectivity index (χ2v) is 5.14. The molecule has 0 N–H and O–H groups in total. The number of anilines is 1. The minimum atomic E-state index is 0.317. The average molecular weight is 306 g/mol. The number of Topliss-reactive ketones (excluding diaryl/α,β-unsaturated/α-hetero) is 1. The molecule has 18 heavy (non-hydrogen) atoms. The Labute approximate surface area is 113 Å². The smallest absolute Gasteiger partial charge is 0.153 e. The Kier molecular flexibility index (Phi) is 2.91. The molecule has 0 radical (unpaired) electrons. The zero-order valence-corrected chi connectivity index (χ0v) is 11.3. The molecular formula is C13H12BrN3O. The van der Waals surface area contributed by atoms with Crippen LogP contribution in [0, 0.1) is 0 Å². The number of hydrogen-bond donors (Lipinski definition) is 0. The van der Waals surface area contributed by atoms with E-state index in [-0.39, 0.29) is 0 Å². The third-order valence-corrected chi connectivity index (χ3v) is 3.50. The van der Waals surface area contributed by atoms with Crippen LogP contribution in [0.2, 0.25) is 0 Å². The molecule has 4 nitrogen and oxygen atoms in total. The standard InChI is InChI=1S/C13H12BrN3O/c14-13-8-17(9-15-13)11-3-1-10(2-4-11)16-6-5-12(18)7-16/h1-4,8-9H,5-7H2. The molecular weight excluding hydrogens is 294 g/mol. The molecule has 92 valence electrons. The van der Waals surface area contributed by atoms with Crippen molar-refractivity contribution >= 4 is 27.4 Å². The highest BCUT2D eigenvalue weighted by Gasteiger charge is 2.19. The van der Waals surface area contributed by atoms with Crippen molar-refractivity contribution in [2.45, 2.75) is 6.42 Å². The highest BCUT2D eigenvalue weighted by Crippen LogP contribution is 2.21. The Balaban J connectivity index is 1.83.